The molecule has 1 aromatic carbocycles. The van der Waals surface area contributed by atoms with Crippen molar-refractivity contribution in [1.82, 2.24) is 5.43 Å². The third kappa shape index (κ3) is 3.98. The average molecular weight is 262 g/mol. The molecule has 104 valence electrons. The molecule has 1 atom stereocenters. The molecule has 3 N–H and O–H groups in total. The van der Waals surface area contributed by atoms with Crippen LogP contribution in [0.15, 0.2) is 36.1 Å². The molecule has 0 radical (unpaired) electrons. The normalized spacial score (nSPS) is 16.4. The number of allylic oxidation sites excluding steroid dienone is 1. The molecule has 0 saturated carbocycles. The van der Waals surface area contributed by atoms with Crippen molar-refractivity contribution in [3.8, 4) is 5.75 Å². The van der Waals surface area contributed by atoms with Gasteiger partial charge in [0, 0.05) is 0 Å². The number of aryl methyl sites for hydroxylation is 1. The summed E-state index contributed by atoms with van der Waals surface area (Å²) in [5.41, 5.74) is 4.12. The summed E-state index contributed by atoms with van der Waals surface area (Å²) in [7, 11) is 1.68. The lowest BCUT2D eigenvalue weighted by Crippen LogP contribution is -2.38. The van der Waals surface area contributed by atoms with Crippen molar-refractivity contribution in [3.05, 3.63) is 41.7 Å². The van der Waals surface area contributed by atoms with Gasteiger partial charge in [0.1, 0.15) is 11.5 Å². The minimum atomic E-state index is 0.0994. The predicted octanol–water partition coefficient (Wildman–Crippen LogP) is 2.15. The highest BCUT2D eigenvalue weighted by molar-refractivity contribution is 5.27. The molecule has 19 heavy (non-hydrogen) atoms. The monoisotopic (exact) mass is 262 g/mol. The maximum atomic E-state index is 5.65. The number of hydrogen-bond donors (Lipinski definition) is 2. The Morgan fingerprint density at radius 3 is 2.74 bits per heavy atom. The molecule has 2 rings (SSSR count). The SMILES string of the molecule is COc1ccc(CCC(NN)C2=CCCCO2)cc1. The Kier molecular flexibility index (Phi) is 5.24. The van der Waals surface area contributed by atoms with Crippen LogP contribution < -0.4 is 16.0 Å². The van der Waals surface area contributed by atoms with E-state index in [9.17, 15) is 0 Å². The second-order valence-corrected chi connectivity index (χ2v) is 4.70. The molecule has 0 amide bonds. The third-order valence-electron chi connectivity index (χ3n) is 3.39. The van der Waals surface area contributed by atoms with E-state index < -0.39 is 0 Å². The smallest absolute Gasteiger partial charge is 0.118 e. The highest BCUT2D eigenvalue weighted by atomic mass is 16.5. The van der Waals surface area contributed by atoms with Gasteiger partial charge in [-0.05, 0) is 49.5 Å². The first kappa shape index (κ1) is 13.9. The van der Waals surface area contributed by atoms with Crippen molar-refractivity contribution in [2.75, 3.05) is 13.7 Å². The third-order valence-corrected chi connectivity index (χ3v) is 3.39. The summed E-state index contributed by atoms with van der Waals surface area (Å²) in [6, 6.07) is 8.24. The first-order valence-corrected chi connectivity index (χ1v) is 6.75. The summed E-state index contributed by atoms with van der Waals surface area (Å²) in [5, 5.41) is 0. The van der Waals surface area contributed by atoms with Crippen LogP contribution in [0, 0.1) is 0 Å². The molecule has 0 bridgehead atoms. The average Bonchev–Trinajstić information content (AvgIpc) is 2.49. The molecule has 0 saturated heterocycles. The van der Waals surface area contributed by atoms with Crippen LogP contribution in [-0.2, 0) is 11.2 Å². The number of hydrazine groups is 1. The second kappa shape index (κ2) is 7.16. The van der Waals surface area contributed by atoms with Gasteiger partial charge in [-0.2, -0.15) is 0 Å². The van der Waals surface area contributed by atoms with Crippen molar-refractivity contribution < 1.29 is 9.47 Å². The lowest BCUT2D eigenvalue weighted by molar-refractivity contribution is 0.165. The molecule has 1 heterocycles. The maximum Gasteiger partial charge on any atom is 0.118 e. The van der Waals surface area contributed by atoms with Gasteiger partial charge < -0.3 is 9.47 Å². The van der Waals surface area contributed by atoms with Crippen molar-refractivity contribution in [3.63, 3.8) is 0 Å². The Bertz CT molecular complexity index is 415. The van der Waals surface area contributed by atoms with Crippen LogP contribution in [0.25, 0.3) is 0 Å². The molecular formula is C15H22N2O2. The van der Waals surface area contributed by atoms with Crippen LogP contribution in [0.3, 0.4) is 0 Å². The fourth-order valence-corrected chi connectivity index (χ4v) is 2.23. The summed E-state index contributed by atoms with van der Waals surface area (Å²) in [4.78, 5) is 0. The van der Waals surface area contributed by atoms with Gasteiger partial charge in [-0.15, -0.1) is 0 Å². The summed E-state index contributed by atoms with van der Waals surface area (Å²) in [6.45, 7) is 0.798. The van der Waals surface area contributed by atoms with E-state index in [1.165, 1.54) is 5.56 Å². The lowest BCUT2D eigenvalue weighted by Gasteiger charge is -2.23. The molecule has 1 unspecified atom stereocenters. The highest BCUT2D eigenvalue weighted by Gasteiger charge is 2.16. The Morgan fingerprint density at radius 1 is 1.37 bits per heavy atom. The summed E-state index contributed by atoms with van der Waals surface area (Å²) < 4.78 is 10.8. The number of nitrogens with two attached hydrogens (primary N) is 1. The summed E-state index contributed by atoms with van der Waals surface area (Å²) in [5.74, 6) is 7.50. The Balaban J connectivity index is 1.89. The van der Waals surface area contributed by atoms with Crippen molar-refractivity contribution >= 4 is 0 Å². The Labute approximate surface area is 114 Å². The van der Waals surface area contributed by atoms with Crippen molar-refractivity contribution in [2.45, 2.75) is 31.7 Å². The second-order valence-electron chi connectivity index (χ2n) is 4.70. The van der Waals surface area contributed by atoms with E-state index in [2.05, 4.69) is 23.6 Å². The Hall–Kier alpha value is -1.52. The first-order valence-electron chi connectivity index (χ1n) is 6.75. The van der Waals surface area contributed by atoms with Crippen molar-refractivity contribution in [1.29, 1.82) is 0 Å². The van der Waals surface area contributed by atoms with Gasteiger partial charge in [0.15, 0.2) is 0 Å². The molecule has 1 aromatic rings. The minimum Gasteiger partial charge on any atom is -0.497 e. The molecule has 1 aliphatic heterocycles. The van der Waals surface area contributed by atoms with Gasteiger partial charge in [-0.3, -0.25) is 5.84 Å². The van der Waals surface area contributed by atoms with E-state index in [-0.39, 0.29) is 6.04 Å². The molecular weight excluding hydrogens is 240 g/mol. The van der Waals surface area contributed by atoms with Crippen LogP contribution in [0.1, 0.15) is 24.8 Å². The maximum absolute atomic E-state index is 5.65. The topological polar surface area (TPSA) is 56.5 Å². The molecule has 1 aliphatic rings. The molecule has 4 nitrogen and oxygen atoms in total. The zero-order valence-corrected chi connectivity index (χ0v) is 11.4. The van der Waals surface area contributed by atoms with E-state index in [0.717, 1.165) is 43.8 Å². The highest BCUT2D eigenvalue weighted by Crippen LogP contribution is 2.18. The molecule has 0 fully saturated rings. The molecule has 0 aliphatic carbocycles. The fourth-order valence-electron chi connectivity index (χ4n) is 2.23. The largest absolute Gasteiger partial charge is 0.497 e. The van der Waals surface area contributed by atoms with Crippen molar-refractivity contribution in [2.24, 2.45) is 5.84 Å². The zero-order chi connectivity index (χ0) is 13.5. The summed E-state index contributed by atoms with van der Waals surface area (Å²) >= 11 is 0. The zero-order valence-electron chi connectivity index (χ0n) is 11.4. The van der Waals surface area contributed by atoms with Crippen LogP contribution in [0.4, 0.5) is 0 Å². The van der Waals surface area contributed by atoms with Crippen LogP contribution in [0.2, 0.25) is 0 Å². The number of methoxy groups -OCH3 is 1. The number of ether oxygens (including phenoxy) is 2. The molecule has 4 heteroatoms. The number of hydrogen-bond acceptors (Lipinski definition) is 4. The standard InChI is InChI=1S/C15H22N2O2/c1-18-13-8-5-12(6-9-13)7-10-14(17-16)15-4-2-3-11-19-15/h4-6,8-9,14,17H,2-3,7,10-11,16H2,1H3. The van der Waals surface area contributed by atoms with Crippen LogP contribution in [0.5, 0.6) is 5.75 Å². The van der Waals surface area contributed by atoms with Gasteiger partial charge in [0.05, 0.1) is 19.8 Å². The van der Waals surface area contributed by atoms with E-state index in [0.29, 0.717) is 0 Å². The predicted molar refractivity (Wildman–Crippen MR) is 75.7 cm³/mol. The van der Waals surface area contributed by atoms with E-state index in [1.807, 2.05) is 12.1 Å². The number of benzene rings is 1. The number of nitrogens with one attached hydrogen (secondary N) is 1. The van der Waals surface area contributed by atoms with Gasteiger partial charge in [-0.1, -0.05) is 12.1 Å². The van der Waals surface area contributed by atoms with E-state index in [4.69, 9.17) is 15.3 Å². The van der Waals surface area contributed by atoms with Gasteiger partial charge in [0.25, 0.3) is 0 Å². The first-order chi connectivity index (χ1) is 9.33. The van der Waals surface area contributed by atoms with Gasteiger partial charge in [-0.25, -0.2) is 5.43 Å². The van der Waals surface area contributed by atoms with Gasteiger partial charge >= 0.3 is 0 Å². The molecule has 0 aromatic heterocycles. The van der Waals surface area contributed by atoms with Crippen LogP contribution >= 0.6 is 0 Å². The Morgan fingerprint density at radius 2 is 2.16 bits per heavy atom. The van der Waals surface area contributed by atoms with Crippen LogP contribution in [-0.4, -0.2) is 19.8 Å². The molecule has 0 spiro atoms. The van der Waals surface area contributed by atoms with E-state index in [1.54, 1.807) is 7.11 Å². The lowest BCUT2D eigenvalue weighted by atomic mass is 10.0. The fraction of sp³-hybridized carbons (Fsp3) is 0.467. The van der Waals surface area contributed by atoms with E-state index >= 15 is 0 Å². The summed E-state index contributed by atoms with van der Waals surface area (Å²) in [6.07, 6.45) is 6.20. The minimum absolute atomic E-state index is 0.0994. The quantitative estimate of drug-likeness (QED) is 0.609. The van der Waals surface area contributed by atoms with Gasteiger partial charge in [0.2, 0.25) is 0 Å². The number of rotatable bonds is 6.